The summed E-state index contributed by atoms with van der Waals surface area (Å²) in [6.45, 7) is 0.717. The second kappa shape index (κ2) is 3.65. The Morgan fingerprint density at radius 2 is 2.40 bits per heavy atom. The molecular formula is C11H13ClN2O. The van der Waals surface area contributed by atoms with Crippen molar-refractivity contribution in [3.63, 3.8) is 0 Å². The van der Waals surface area contributed by atoms with Crippen LogP contribution in [0.1, 0.15) is 12.8 Å². The number of piperidine rings is 1. The van der Waals surface area contributed by atoms with Crippen molar-refractivity contribution in [3.05, 3.63) is 23.5 Å². The van der Waals surface area contributed by atoms with Crippen molar-refractivity contribution < 1.29 is 4.74 Å². The van der Waals surface area contributed by atoms with Gasteiger partial charge in [-0.05, 0) is 18.8 Å². The molecule has 0 bridgehead atoms. The summed E-state index contributed by atoms with van der Waals surface area (Å²) in [5, 5.41) is 4.15. The summed E-state index contributed by atoms with van der Waals surface area (Å²) < 4.78 is 5.63. The average molecular weight is 225 g/mol. The average Bonchev–Trinajstić information content (AvgIpc) is 2.84. The lowest BCUT2D eigenvalue weighted by molar-refractivity contribution is 0.267. The van der Waals surface area contributed by atoms with Gasteiger partial charge in [-0.1, -0.05) is 11.6 Å². The van der Waals surface area contributed by atoms with Crippen molar-refractivity contribution in [1.82, 2.24) is 10.3 Å². The first kappa shape index (κ1) is 9.43. The molecular weight excluding hydrogens is 212 g/mol. The number of hydrogen-bond acceptors (Lipinski definition) is 3. The molecule has 1 aromatic rings. The van der Waals surface area contributed by atoms with Crippen LogP contribution in [0.3, 0.4) is 0 Å². The Bertz CT molecular complexity index is 361. The summed E-state index contributed by atoms with van der Waals surface area (Å²) in [5.74, 6) is 1.67. The highest BCUT2D eigenvalue weighted by Crippen LogP contribution is 2.40. The predicted molar refractivity (Wildman–Crippen MR) is 58.2 cm³/mol. The van der Waals surface area contributed by atoms with Crippen LogP contribution in [0.2, 0.25) is 5.02 Å². The third kappa shape index (κ3) is 2.08. The maximum Gasteiger partial charge on any atom is 0.139 e. The lowest BCUT2D eigenvalue weighted by Crippen LogP contribution is -2.31. The summed E-state index contributed by atoms with van der Waals surface area (Å²) in [6.07, 6.45) is 5.91. The first-order valence-electron chi connectivity index (χ1n) is 5.30. The molecule has 1 N–H and O–H groups in total. The number of aromatic nitrogens is 1. The highest BCUT2D eigenvalue weighted by atomic mass is 35.5. The van der Waals surface area contributed by atoms with Gasteiger partial charge in [-0.15, -0.1) is 0 Å². The number of nitrogens with zero attached hydrogens (tertiary/aromatic N) is 1. The van der Waals surface area contributed by atoms with Gasteiger partial charge in [0.05, 0.1) is 11.2 Å². The number of pyridine rings is 1. The molecule has 2 heterocycles. The quantitative estimate of drug-likeness (QED) is 0.851. The van der Waals surface area contributed by atoms with E-state index in [1.54, 1.807) is 18.5 Å². The van der Waals surface area contributed by atoms with E-state index in [1.165, 1.54) is 12.8 Å². The number of hydrogen-bond donors (Lipinski definition) is 1. The zero-order valence-corrected chi connectivity index (χ0v) is 9.07. The minimum absolute atomic E-state index is 0.507. The SMILES string of the molecule is Clc1cncc(OC[C@@H]2C[C@H]3C[C@H]3N2)c1. The Labute approximate surface area is 93.8 Å². The second-order valence-corrected chi connectivity index (χ2v) is 4.79. The topological polar surface area (TPSA) is 34.1 Å². The van der Waals surface area contributed by atoms with Gasteiger partial charge >= 0.3 is 0 Å². The largest absolute Gasteiger partial charge is 0.490 e. The predicted octanol–water partition coefficient (Wildman–Crippen LogP) is 1.86. The lowest BCUT2D eigenvalue weighted by atomic mass is 10.2. The molecule has 1 aliphatic heterocycles. The van der Waals surface area contributed by atoms with Crippen molar-refractivity contribution in [2.75, 3.05) is 6.61 Å². The highest BCUT2D eigenvalue weighted by molar-refractivity contribution is 6.30. The van der Waals surface area contributed by atoms with Crippen LogP contribution in [-0.2, 0) is 0 Å². The molecule has 2 aliphatic rings. The zero-order valence-electron chi connectivity index (χ0n) is 8.32. The fraction of sp³-hybridized carbons (Fsp3) is 0.545. The molecule has 15 heavy (non-hydrogen) atoms. The Morgan fingerprint density at radius 3 is 3.13 bits per heavy atom. The molecule has 0 aromatic carbocycles. The number of ether oxygens (including phenoxy) is 1. The molecule has 4 heteroatoms. The van der Waals surface area contributed by atoms with E-state index < -0.39 is 0 Å². The van der Waals surface area contributed by atoms with E-state index in [2.05, 4.69) is 10.3 Å². The van der Waals surface area contributed by atoms with Gasteiger partial charge in [-0.25, -0.2) is 0 Å². The van der Waals surface area contributed by atoms with Gasteiger partial charge in [0.15, 0.2) is 0 Å². The molecule has 1 saturated carbocycles. The maximum absolute atomic E-state index is 5.81. The van der Waals surface area contributed by atoms with Crippen LogP contribution in [-0.4, -0.2) is 23.7 Å². The van der Waals surface area contributed by atoms with Crippen LogP contribution in [0.15, 0.2) is 18.5 Å². The Hall–Kier alpha value is -0.800. The third-order valence-corrected chi connectivity index (χ3v) is 3.30. The number of halogens is 1. The van der Waals surface area contributed by atoms with Crippen LogP contribution < -0.4 is 10.1 Å². The van der Waals surface area contributed by atoms with Gasteiger partial charge in [0.1, 0.15) is 12.4 Å². The zero-order chi connectivity index (χ0) is 10.3. The van der Waals surface area contributed by atoms with Crippen molar-refractivity contribution in [3.8, 4) is 5.75 Å². The molecule has 3 nitrogen and oxygen atoms in total. The van der Waals surface area contributed by atoms with E-state index in [-0.39, 0.29) is 0 Å². The molecule has 3 atom stereocenters. The summed E-state index contributed by atoms with van der Waals surface area (Å²) in [7, 11) is 0. The monoisotopic (exact) mass is 224 g/mol. The molecule has 1 aliphatic carbocycles. The maximum atomic E-state index is 5.81. The van der Waals surface area contributed by atoms with E-state index in [1.807, 2.05) is 0 Å². The van der Waals surface area contributed by atoms with Crippen LogP contribution in [0.25, 0.3) is 0 Å². The summed E-state index contributed by atoms with van der Waals surface area (Å²) in [4.78, 5) is 3.98. The van der Waals surface area contributed by atoms with Crippen LogP contribution >= 0.6 is 11.6 Å². The summed E-state index contributed by atoms with van der Waals surface area (Å²) in [5.41, 5.74) is 0. The van der Waals surface area contributed by atoms with Gasteiger partial charge < -0.3 is 10.1 Å². The first-order chi connectivity index (χ1) is 7.31. The summed E-state index contributed by atoms with van der Waals surface area (Å²) in [6, 6.07) is 3.08. The molecule has 80 valence electrons. The third-order valence-electron chi connectivity index (χ3n) is 3.09. The number of nitrogens with one attached hydrogen (secondary N) is 1. The highest BCUT2D eigenvalue weighted by Gasteiger charge is 2.45. The fourth-order valence-corrected chi connectivity index (χ4v) is 2.40. The molecule has 0 radical (unpaired) electrons. The lowest BCUT2D eigenvalue weighted by Gasteiger charge is -2.14. The Balaban J connectivity index is 1.53. The smallest absolute Gasteiger partial charge is 0.139 e. The van der Waals surface area contributed by atoms with E-state index in [0.29, 0.717) is 11.1 Å². The Kier molecular flexibility index (Phi) is 2.29. The van der Waals surface area contributed by atoms with Gasteiger partial charge in [0.2, 0.25) is 0 Å². The molecule has 1 aromatic heterocycles. The second-order valence-electron chi connectivity index (χ2n) is 4.35. The van der Waals surface area contributed by atoms with Crippen LogP contribution in [0.4, 0.5) is 0 Å². The minimum atomic E-state index is 0.507. The van der Waals surface area contributed by atoms with Gasteiger partial charge in [-0.2, -0.15) is 0 Å². The Morgan fingerprint density at radius 1 is 1.47 bits per heavy atom. The van der Waals surface area contributed by atoms with Gasteiger partial charge in [0.25, 0.3) is 0 Å². The molecule has 2 fully saturated rings. The first-order valence-corrected chi connectivity index (χ1v) is 5.68. The molecule has 0 spiro atoms. The molecule has 0 unspecified atom stereocenters. The molecule has 3 rings (SSSR count). The number of fused-ring (bicyclic) bond motifs is 1. The van der Waals surface area contributed by atoms with Crippen LogP contribution in [0, 0.1) is 5.92 Å². The number of rotatable bonds is 3. The minimum Gasteiger partial charge on any atom is -0.490 e. The van der Waals surface area contributed by atoms with Gasteiger partial charge in [-0.3, -0.25) is 4.98 Å². The van der Waals surface area contributed by atoms with E-state index >= 15 is 0 Å². The van der Waals surface area contributed by atoms with Crippen molar-refractivity contribution >= 4 is 11.6 Å². The van der Waals surface area contributed by atoms with Crippen molar-refractivity contribution in [2.45, 2.75) is 24.9 Å². The normalized spacial score (nSPS) is 32.5. The van der Waals surface area contributed by atoms with Gasteiger partial charge in [0, 0.05) is 24.3 Å². The molecule has 0 amide bonds. The van der Waals surface area contributed by atoms with E-state index in [0.717, 1.165) is 24.3 Å². The van der Waals surface area contributed by atoms with Crippen LogP contribution in [0.5, 0.6) is 5.75 Å². The van der Waals surface area contributed by atoms with Crippen molar-refractivity contribution in [2.24, 2.45) is 5.92 Å². The fourth-order valence-electron chi connectivity index (χ4n) is 2.23. The molecule has 1 saturated heterocycles. The van der Waals surface area contributed by atoms with E-state index in [4.69, 9.17) is 16.3 Å². The summed E-state index contributed by atoms with van der Waals surface area (Å²) >= 11 is 5.81. The van der Waals surface area contributed by atoms with Crippen molar-refractivity contribution in [1.29, 1.82) is 0 Å². The standard InChI is InChI=1S/C11H13ClN2O/c12-8-3-10(5-13-4-8)15-6-9-1-7-2-11(7)14-9/h3-5,7,9,11,14H,1-2,6H2/t7-,9-,11+/m0/s1. The van der Waals surface area contributed by atoms with E-state index in [9.17, 15) is 0 Å².